The molecule has 34 heavy (non-hydrogen) atoms. The Kier molecular flexibility index (Phi) is 10.5. The number of benzene rings is 1. The van der Waals surface area contributed by atoms with Crippen molar-refractivity contribution >= 4 is 23.6 Å². The third-order valence-corrected chi connectivity index (χ3v) is 5.81. The fourth-order valence-corrected chi connectivity index (χ4v) is 4.03. The summed E-state index contributed by atoms with van der Waals surface area (Å²) in [6.07, 6.45) is 9.09. The van der Waals surface area contributed by atoms with Gasteiger partial charge < -0.3 is 15.4 Å². The van der Waals surface area contributed by atoms with E-state index < -0.39 is 36.3 Å². The number of nitrogens with zero attached hydrogens (tertiary/aromatic N) is 1. The highest BCUT2D eigenvalue weighted by Crippen LogP contribution is 2.28. The number of carbonyl (C=O) groups is 3. The molecule has 1 saturated carbocycles. The maximum Gasteiger partial charge on any atom is 0.407 e. The number of hydrogen-bond acceptors (Lipinski definition) is 4. The van der Waals surface area contributed by atoms with Crippen LogP contribution in [-0.4, -0.2) is 43.6 Å². The summed E-state index contributed by atoms with van der Waals surface area (Å²) >= 11 is 0. The Bertz CT molecular complexity index is 962. The first-order chi connectivity index (χ1) is 16.3. The van der Waals surface area contributed by atoms with Crippen LogP contribution in [0.25, 0.3) is 0 Å². The van der Waals surface area contributed by atoms with Gasteiger partial charge in [-0.05, 0) is 50.0 Å². The Hall–Kier alpha value is -3.42. The Morgan fingerprint density at radius 3 is 2.53 bits per heavy atom. The fraction of sp³-hybridized carbons (Fsp3) is 0.423. The van der Waals surface area contributed by atoms with Gasteiger partial charge in [-0.2, -0.15) is 0 Å². The third-order valence-electron chi connectivity index (χ3n) is 5.81. The number of ether oxygens (including phenoxy) is 1. The molecule has 0 saturated heterocycles. The lowest BCUT2D eigenvalue weighted by atomic mass is 9.93. The molecule has 3 amide bonds. The molecule has 0 aliphatic heterocycles. The SMILES string of the molecule is C=C/C(C)=C(\C=C/C)C(C(=O)NC1CCCCC1)N(C(=O)CNC(=O)OC)c1ccccc1F.[HH].[HH]. The number of allylic oxidation sites excluding steroid dienone is 3. The molecule has 8 heteroatoms. The van der Waals surface area contributed by atoms with E-state index in [1.54, 1.807) is 38.1 Å². The van der Waals surface area contributed by atoms with Crippen LogP contribution in [0.15, 0.2) is 60.2 Å². The topological polar surface area (TPSA) is 87.7 Å². The fourth-order valence-electron chi connectivity index (χ4n) is 4.03. The molecule has 0 aromatic heterocycles. The number of hydrogen-bond donors (Lipinski definition) is 2. The van der Waals surface area contributed by atoms with Crippen molar-refractivity contribution in [1.29, 1.82) is 0 Å². The monoisotopic (exact) mass is 475 g/mol. The number of alkyl carbamates (subject to hydrolysis) is 1. The average molecular weight is 476 g/mol. The van der Waals surface area contributed by atoms with E-state index in [9.17, 15) is 18.8 Å². The smallest absolute Gasteiger partial charge is 0.407 e. The van der Waals surface area contributed by atoms with Crippen LogP contribution < -0.4 is 15.5 Å². The van der Waals surface area contributed by atoms with E-state index in [0.717, 1.165) is 37.0 Å². The van der Waals surface area contributed by atoms with Crippen LogP contribution in [0.5, 0.6) is 0 Å². The Morgan fingerprint density at radius 2 is 1.94 bits per heavy atom. The van der Waals surface area contributed by atoms with Gasteiger partial charge in [0.2, 0.25) is 11.8 Å². The van der Waals surface area contributed by atoms with Crippen molar-refractivity contribution in [2.45, 2.75) is 58.0 Å². The number of rotatable bonds is 9. The molecule has 0 spiro atoms. The minimum Gasteiger partial charge on any atom is -0.453 e. The number of para-hydroxylation sites is 1. The molecule has 0 bridgehead atoms. The van der Waals surface area contributed by atoms with E-state index in [0.29, 0.717) is 11.1 Å². The number of anilines is 1. The predicted molar refractivity (Wildman–Crippen MR) is 135 cm³/mol. The van der Waals surface area contributed by atoms with Gasteiger partial charge in [-0.3, -0.25) is 14.5 Å². The molecule has 188 valence electrons. The summed E-state index contributed by atoms with van der Waals surface area (Å²) in [4.78, 5) is 39.9. The van der Waals surface area contributed by atoms with Crippen LogP contribution in [0.4, 0.5) is 14.9 Å². The summed E-state index contributed by atoms with van der Waals surface area (Å²) in [6, 6.07) is 4.54. The largest absolute Gasteiger partial charge is 0.453 e. The zero-order valence-electron chi connectivity index (χ0n) is 20.1. The van der Waals surface area contributed by atoms with Crippen molar-refractivity contribution in [2.24, 2.45) is 0 Å². The van der Waals surface area contributed by atoms with Crippen molar-refractivity contribution < 1.29 is 26.4 Å². The van der Waals surface area contributed by atoms with Crippen LogP contribution in [0.1, 0.15) is 48.8 Å². The molecule has 1 aromatic rings. The van der Waals surface area contributed by atoms with Gasteiger partial charge in [-0.15, -0.1) is 0 Å². The quantitative estimate of drug-likeness (QED) is 0.497. The normalized spacial score (nSPS) is 15.8. The zero-order valence-corrected chi connectivity index (χ0v) is 20.1. The summed E-state index contributed by atoms with van der Waals surface area (Å²) < 4.78 is 19.5. The van der Waals surface area contributed by atoms with Gasteiger partial charge in [0.1, 0.15) is 18.4 Å². The predicted octanol–water partition coefficient (Wildman–Crippen LogP) is 4.90. The van der Waals surface area contributed by atoms with Crippen molar-refractivity contribution in [1.82, 2.24) is 10.6 Å². The molecule has 1 aromatic carbocycles. The van der Waals surface area contributed by atoms with Gasteiger partial charge in [-0.1, -0.05) is 56.2 Å². The third kappa shape index (κ3) is 7.04. The summed E-state index contributed by atoms with van der Waals surface area (Å²) in [7, 11) is 1.18. The van der Waals surface area contributed by atoms with E-state index in [1.165, 1.54) is 25.3 Å². The highest BCUT2D eigenvalue weighted by atomic mass is 19.1. The summed E-state index contributed by atoms with van der Waals surface area (Å²) in [6.45, 7) is 6.90. The molecule has 1 aliphatic rings. The van der Waals surface area contributed by atoms with Crippen molar-refractivity contribution in [3.05, 3.63) is 66.0 Å². The maximum absolute atomic E-state index is 15.0. The van der Waals surface area contributed by atoms with Crippen LogP contribution in [0.3, 0.4) is 0 Å². The molecular weight excluding hydrogens is 437 g/mol. The molecule has 2 rings (SSSR count). The molecule has 1 atom stereocenters. The van der Waals surface area contributed by atoms with Gasteiger partial charge in [0.25, 0.3) is 0 Å². The summed E-state index contributed by atoms with van der Waals surface area (Å²) in [5, 5.41) is 5.40. The lowest BCUT2D eigenvalue weighted by Crippen LogP contribution is -2.55. The van der Waals surface area contributed by atoms with Gasteiger partial charge in [0.05, 0.1) is 12.8 Å². The lowest BCUT2D eigenvalue weighted by Gasteiger charge is -2.34. The Morgan fingerprint density at radius 1 is 1.26 bits per heavy atom. The lowest BCUT2D eigenvalue weighted by molar-refractivity contribution is -0.126. The molecule has 1 aliphatic carbocycles. The van der Waals surface area contributed by atoms with Gasteiger partial charge >= 0.3 is 6.09 Å². The Balaban J connectivity index is 0.00000612. The highest BCUT2D eigenvalue weighted by molar-refractivity contribution is 6.04. The summed E-state index contributed by atoms with van der Waals surface area (Å²) in [5.74, 6) is -1.76. The van der Waals surface area contributed by atoms with Gasteiger partial charge in [0.15, 0.2) is 0 Å². The molecule has 7 nitrogen and oxygen atoms in total. The second-order valence-electron chi connectivity index (χ2n) is 8.15. The van der Waals surface area contributed by atoms with E-state index in [1.807, 2.05) is 0 Å². The molecule has 0 heterocycles. The number of nitrogens with one attached hydrogen (secondary N) is 2. The van der Waals surface area contributed by atoms with Crippen LogP contribution in [0, 0.1) is 5.82 Å². The standard InChI is InChI=1S/C26H34FN3O4.2H2/c1-5-12-20(18(3)6-2)24(25(32)29-19-13-8-7-9-14-19)30(22-16-11-10-15-21(22)27)23(31)17-28-26(33)34-4;;/h5-6,10-12,15-16,19,24H,2,7-9,13-14,17H2,1,3-4H3,(H,28,33)(H,29,32);2*1H/b12-5-,20-18+;;. The minimum atomic E-state index is -1.18. The average Bonchev–Trinajstić information content (AvgIpc) is 2.85. The van der Waals surface area contributed by atoms with Crippen molar-refractivity contribution in [2.75, 3.05) is 18.6 Å². The molecule has 0 radical (unpaired) electrons. The zero-order chi connectivity index (χ0) is 25.1. The first-order valence-corrected chi connectivity index (χ1v) is 11.5. The van der Waals surface area contributed by atoms with E-state index in [4.69, 9.17) is 0 Å². The molecule has 1 unspecified atom stereocenters. The number of halogens is 1. The number of amides is 3. The number of carbonyl (C=O) groups excluding carboxylic acids is 3. The van der Waals surface area contributed by atoms with E-state index in [-0.39, 0.29) is 14.6 Å². The van der Waals surface area contributed by atoms with Gasteiger partial charge in [0, 0.05) is 8.90 Å². The molecule has 1 fully saturated rings. The second kappa shape index (κ2) is 13.3. The van der Waals surface area contributed by atoms with E-state index in [2.05, 4.69) is 21.9 Å². The first-order valence-electron chi connectivity index (χ1n) is 11.5. The first kappa shape index (κ1) is 26.8. The van der Waals surface area contributed by atoms with E-state index >= 15 is 0 Å². The Labute approximate surface area is 203 Å². The van der Waals surface area contributed by atoms with Crippen LogP contribution in [-0.2, 0) is 14.3 Å². The van der Waals surface area contributed by atoms with Crippen LogP contribution >= 0.6 is 0 Å². The summed E-state index contributed by atoms with van der Waals surface area (Å²) in [5.41, 5.74) is 1.10. The highest BCUT2D eigenvalue weighted by Gasteiger charge is 2.36. The number of methoxy groups -OCH3 is 1. The molecular formula is C26H38FN3O4. The maximum atomic E-state index is 15.0. The van der Waals surface area contributed by atoms with Gasteiger partial charge in [-0.25, -0.2) is 9.18 Å². The van der Waals surface area contributed by atoms with Crippen LogP contribution in [0.2, 0.25) is 0 Å². The van der Waals surface area contributed by atoms with Crippen molar-refractivity contribution in [3.63, 3.8) is 0 Å². The second-order valence-corrected chi connectivity index (χ2v) is 8.15. The van der Waals surface area contributed by atoms with Crippen molar-refractivity contribution in [3.8, 4) is 0 Å². The minimum absolute atomic E-state index is 0. The molecule has 2 N–H and O–H groups in total.